The standard InChI is InChI=1S/C14H18N2O4/c1-10(14(17)18)15(12-6-7-12)9-8-11-2-4-13(5-3-11)16(19)20/h2-5,10,12H,6-9H2,1H3,(H,17,18). The Bertz CT molecular complexity index is 496. The fraction of sp³-hybridized carbons (Fsp3) is 0.500. The first kappa shape index (κ1) is 14.5. The molecule has 1 fully saturated rings. The van der Waals surface area contributed by atoms with Gasteiger partial charge in [0.25, 0.3) is 5.69 Å². The fourth-order valence-corrected chi connectivity index (χ4v) is 2.28. The predicted molar refractivity (Wildman–Crippen MR) is 73.6 cm³/mol. The lowest BCUT2D eigenvalue weighted by molar-refractivity contribution is -0.384. The Morgan fingerprint density at radius 3 is 2.50 bits per heavy atom. The van der Waals surface area contributed by atoms with Gasteiger partial charge >= 0.3 is 5.97 Å². The third kappa shape index (κ3) is 3.54. The van der Waals surface area contributed by atoms with Crippen LogP contribution in [-0.4, -0.2) is 39.5 Å². The summed E-state index contributed by atoms with van der Waals surface area (Å²) in [5.74, 6) is -0.805. The Labute approximate surface area is 117 Å². The van der Waals surface area contributed by atoms with Crippen LogP contribution < -0.4 is 0 Å². The second-order valence-electron chi connectivity index (χ2n) is 5.16. The minimum atomic E-state index is -0.805. The Hall–Kier alpha value is -1.95. The highest BCUT2D eigenvalue weighted by molar-refractivity contribution is 5.73. The van der Waals surface area contributed by atoms with E-state index in [9.17, 15) is 14.9 Å². The maximum Gasteiger partial charge on any atom is 0.320 e. The molecule has 0 spiro atoms. The van der Waals surface area contributed by atoms with Crippen molar-refractivity contribution in [1.29, 1.82) is 0 Å². The topological polar surface area (TPSA) is 83.7 Å². The number of nitro groups is 1. The molecule has 1 aromatic rings. The molecule has 6 nitrogen and oxygen atoms in total. The summed E-state index contributed by atoms with van der Waals surface area (Å²) in [6, 6.07) is 6.32. The van der Waals surface area contributed by atoms with Crippen molar-refractivity contribution in [3.05, 3.63) is 39.9 Å². The van der Waals surface area contributed by atoms with E-state index in [1.54, 1.807) is 19.1 Å². The quantitative estimate of drug-likeness (QED) is 0.609. The number of hydrogen-bond donors (Lipinski definition) is 1. The molecule has 6 heteroatoms. The van der Waals surface area contributed by atoms with E-state index in [2.05, 4.69) is 0 Å². The average molecular weight is 278 g/mol. The van der Waals surface area contributed by atoms with Crippen LogP contribution in [0.5, 0.6) is 0 Å². The maximum absolute atomic E-state index is 11.1. The molecule has 0 aromatic heterocycles. The van der Waals surface area contributed by atoms with Crippen LogP contribution in [0, 0.1) is 10.1 Å². The summed E-state index contributed by atoms with van der Waals surface area (Å²) in [7, 11) is 0. The molecule has 1 aliphatic carbocycles. The molecule has 0 heterocycles. The van der Waals surface area contributed by atoms with Crippen molar-refractivity contribution in [1.82, 2.24) is 4.90 Å². The zero-order chi connectivity index (χ0) is 14.7. The number of rotatable bonds is 7. The summed E-state index contributed by atoms with van der Waals surface area (Å²) < 4.78 is 0. The minimum Gasteiger partial charge on any atom is -0.480 e. The number of non-ortho nitro benzene ring substituents is 1. The number of nitrogens with zero attached hydrogens (tertiary/aromatic N) is 2. The highest BCUT2D eigenvalue weighted by Crippen LogP contribution is 2.29. The molecule has 0 radical (unpaired) electrons. The van der Waals surface area contributed by atoms with Crippen LogP contribution in [0.4, 0.5) is 5.69 Å². The van der Waals surface area contributed by atoms with E-state index in [1.165, 1.54) is 12.1 Å². The predicted octanol–water partition coefficient (Wildman–Crippen LogP) is 2.07. The molecule has 1 N–H and O–H groups in total. The van der Waals surface area contributed by atoms with Gasteiger partial charge in [-0.2, -0.15) is 0 Å². The number of carboxylic acid groups (broad SMARTS) is 1. The highest BCUT2D eigenvalue weighted by atomic mass is 16.6. The van der Waals surface area contributed by atoms with Crippen molar-refractivity contribution in [3.63, 3.8) is 0 Å². The number of nitro benzene ring substituents is 1. The van der Waals surface area contributed by atoms with Gasteiger partial charge in [-0.1, -0.05) is 12.1 Å². The smallest absolute Gasteiger partial charge is 0.320 e. The zero-order valence-corrected chi connectivity index (χ0v) is 11.4. The molecule has 20 heavy (non-hydrogen) atoms. The van der Waals surface area contributed by atoms with Gasteiger partial charge in [-0.05, 0) is 31.7 Å². The van der Waals surface area contributed by atoms with Gasteiger partial charge < -0.3 is 5.11 Å². The van der Waals surface area contributed by atoms with Crippen LogP contribution in [-0.2, 0) is 11.2 Å². The summed E-state index contributed by atoms with van der Waals surface area (Å²) in [5, 5.41) is 19.7. The van der Waals surface area contributed by atoms with E-state index in [0.29, 0.717) is 19.0 Å². The molecule has 0 bridgehead atoms. The average Bonchev–Trinajstić information content (AvgIpc) is 3.23. The summed E-state index contributed by atoms with van der Waals surface area (Å²) in [4.78, 5) is 23.2. The molecule has 1 unspecified atom stereocenters. The molecule has 2 rings (SSSR count). The highest BCUT2D eigenvalue weighted by Gasteiger charge is 2.34. The van der Waals surface area contributed by atoms with E-state index >= 15 is 0 Å². The van der Waals surface area contributed by atoms with Crippen molar-refractivity contribution < 1.29 is 14.8 Å². The first-order valence-electron chi connectivity index (χ1n) is 6.71. The Kier molecular flexibility index (Phi) is 4.34. The van der Waals surface area contributed by atoms with Gasteiger partial charge in [0.15, 0.2) is 0 Å². The number of aliphatic carboxylic acids is 1. The molecular formula is C14H18N2O4. The fourth-order valence-electron chi connectivity index (χ4n) is 2.28. The molecule has 0 amide bonds. The van der Waals surface area contributed by atoms with E-state index in [0.717, 1.165) is 18.4 Å². The van der Waals surface area contributed by atoms with Crippen molar-refractivity contribution in [2.45, 2.75) is 38.3 Å². The van der Waals surface area contributed by atoms with Gasteiger partial charge in [-0.25, -0.2) is 0 Å². The van der Waals surface area contributed by atoms with Crippen LogP contribution in [0.3, 0.4) is 0 Å². The largest absolute Gasteiger partial charge is 0.480 e. The normalized spacial score (nSPS) is 16.1. The van der Waals surface area contributed by atoms with Crippen molar-refractivity contribution >= 4 is 11.7 Å². The van der Waals surface area contributed by atoms with E-state index in [1.807, 2.05) is 4.90 Å². The lowest BCUT2D eigenvalue weighted by Gasteiger charge is -2.26. The van der Waals surface area contributed by atoms with Gasteiger partial charge in [0.1, 0.15) is 6.04 Å². The molecule has 0 saturated heterocycles. The van der Waals surface area contributed by atoms with E-state index in [-0.39, 0.29) is 5.69 Å². The first-order valence-corrected chi connectivity index (χ1v) is 6.71. The third-order valence-electron chi connectivity index (χ3n) is 3.68. The Morgan fingerprint density at radius 1 is 1.45 bits per heavy atom. The minimum absolute atomic E-state index is 0.0757. The third-order valence-corrected chi connectivity index (χ3v) is 3.68. The van der Waals surface area contributed by atoms with Gasteiger partial charge in [0.05, 0.1) is 4.92 Å². The molecule has 0 aliphatic heterocycles. The van der Waals surface area contributed by atoms with Crippen molar-refractivity contribution in [3.8, 4) is 0 Å². The second kappa shape index (κ2) is 6.00. The number of benzene rings is 1. The SMILES string of the molecule is CC(C(=O)O)N(CCc1ccc([N+](=O)[O-])cc1)C1CC1. The first-order chi connectivity index (χ1) is 9.49. The Morgan fingerprint density at radius 2 is 2.05 bits per heavy atom. The molecule has 1 aromatic carbocycles. The maximum atomic E-state index is 11.1. The van der Waals surface area contributed by atoms with Crippen molar-refractivity contribution in [2.75, 3.05) is 6.54 Å². The summed E-state index contributed by atoms with van der Waals surface area (Å²) >= 11 is 0. The van der Waals surface area contributed by atoms with Gasteiger partial charge in [-0.3, -0.25) is 19.8 Å². The number of carboxylic acids is 1. The number of hydrogen-bond acceptors (Lipinski definition) is 4. The van der Waals surface area contributed by atoms with Crippen LogP contribution in [0.2, 0.25) is 0 Å². The van der Waals surface area contributed by atoms with Crippen molar-refractivity contribution in [2.24, 2.45) is 0 Å². The lowest BCUT2D eigenvalue weighted by atomic mass is 10.1. The van der Waals surface area contributed by atoms with Crippen LogP contribution >= 0.6 is 0 Å². The molecule has 1 atom stereocenters. The van der Waals surface area contributed by atoms with Crippen LogP contribution in [0.1, 0.15) is 25.3 Å². The second-order valence-corrected chi connectivity index (χ2v) is 5.16. The summed E-state index contributed by atoms with van der Waals surface area (Å²) in [5.41, 5.74) is 1.06. The van der Waals surface area contributed by atoms with Gasteiger partial charge in [0.2, 0.25) is 0 Å². The molecule has 108 valence electrons. The van der Waals surface area contributed by atoms with Crippen LogP contribution in [0.15, 0.2) is 24.3 Å². The van der Waals surface area contributed by atoms with Gasteiger partial charge in [-0.15, -0.1) is 0 Å². The molecule has 1 saturated carbocycles. The zero-order valence-electron chi connectivity index (χ0n) is 11.4. The number of carbonyl (C=O) groups is 1. The summed E-state index contributed by atoms with van der Waals surface area (Å²) in [6.07, 6.45) is 2.81. The van der Waals surface area contributed by atoms with E-state index < -0.39 is 16.9 Å². The van der Waals surface area contributed by atoms with E-state index in [4.69, 9.17) is 5.11 Å². The molecular weight excluding hydrogens is 260 g/mol. The monoisotopic (exact) mass is 278 g/mol. The lowest BCUT2D eigenvalue weighted by Crippen LogP contribution is -2.41. The van der Waals surface area contributed by atoms with Gasteiger partial charge in [0, 0.05) is 24.7 Å². The molecule has 1 aliphatic rings. The Balaban J connectivity index is 1.95. The summed E-state index contributed by atoms with van der Waals surface area (Å²) in [6.45, 7) is 2.37. The van der Waals surface area contributed by atoms with Crippen LogP contribution in [0.25, 0.3) is 0 Å².